The third-order valence-corrected chi connectivity index (χ3v) is 4.96. The number of halogens is 3. The molecule has 0 aliphatic carbocycles. The van der Waals surface area contributed by atoms with Gasteiger partial charge in [-0.05, 0) is 78.7 Å². The molecule has 0 N–H and O–H groups in total. The van der Waals surface area contributed by atoms with E-state index in [0.717, 1.165) is 47.6 Å². The van der Waals surface area contributed by atoms with E-state index in [2.05, 4.69) is 18.8 Å². The van der Waals surface area contributed by atoms with Crippen LogP contribution in [0.25, 0.3) is 6.08 Å². The van der Waals surface area contributed by atoms with Crippen LogP contribution in [-0.4, -0.2) is 12.6 Å². The molecular weight excluding hydrogens is 453 g/mol. The zero-order chi connectivity index (χ0) is 25.0. The molecule has 6 heteroatoms. The number of carbonyl (C=O) groups is 1. The van der Waals surface area contributed by atoms with E-state index in [-0.39, 0.29) is 11.3 Å². The summed E-state index contributed by atoms with van der Waals surface area (Å²) in [5.41, 5.74) is 1.57. The molecule has 0 aromatic heterocycles. The van der Waals surface area contributed by atoms with Crippen LogP contribution in [0.4, 0.5) is 13.2 Å². The number of esters is 1. The first-order chi connectivity index (χ1) is 16.9. The van der Waals surface area contributed by atoms with Crippen molar-refractivity contribution in [3.8, 4) is 23.3 Å². The van der Waals surface area contributed by atoms with Gasteiger partial charge < -0.3 is 9.47 Å². The minimum absolute atomic E-state index is 0.00413. The lowest BCUT2D eigenvalue weighted by Gasteiger charge is -2.05. The van der Waals surface area contributed by atoms with Crippen LogP contribution in [0.3, 0.4) is 0 Å². The molecule has 3 rings (SSSR count). The van der Waals surface area contributed by atoms with Crippen LogP contribution >= 0.6 is 0 Å². The third-order valence-electron chi connectivity index (χ3n) is 4.96. The van der Waals surface area contributed by atoms with Crippen molar-refractivity contribution < 1.29 is 27.4 Å². The van der Waals surface area contributed by atoms with Gasteiger partial charge in [-0.1, -0.05) is 38.0 Å². The topological polar surface area (TPSA) is 35.5 Å². The molecule has 180 valence electrons. The first kappa shape index (κ1) is 25.6. The van der Waals surface area contributed by atoms with E-state index < -0.39 is 23.4 Å². The summed E-state index contributed by atoms with van der Waals surface area (Å²) in [7, 11) is 0. The average Bonchev–Trinajstić information content (AvgIpc) is 2.86. The van der Waals surface area contributed by atoms with E-state index in [9.17, 15) is 18.0 Å². The fraction of sp³-hybridized carbons (Fsp3) is 0.207. The highest BCUT2D eigenvalue weighted by molar-refractivity contribution is 5.88. The number of ether oxygens (including phenoxy) is 2. The number of benzene rings is 3. The Morgan fingerprint density at radius 3 is 1.97 bits per heavy atom. The normalized spacial score (nSPS) is 10.6. The molecule has 0 saturated heterocycles. The number of hydrogen-bond acceptors (Lipinski definition) is 3. The molecule has 0 aliphatic heterocycles. The van der Waals surface area contributed by atoms with E-state index in [4.69, 9.17) is 9.47 Å². The van der Waals surface area contributed by atoms with E-state index in [0.29, 0.717) is 6.61 Å². The Hall–Kier alpha value is -3.98. The van der Waals surface area contributed by atoms with Crippen LogP contribution in [0.2, 0.25) is 0 Å². The van der Waals surface area contributed by atoms with Gasteiger partial charge in [-0.3, -0.25) is 0 Å². The van der Waals surface area contributed by atoms with Gasteiger partial charge in [0.05, 0.1) is 6.61 Å². The van der Waals surface area contributed by atoms with Gasteiger partial charge >= 0.3 is 5.97 Å². The molecular formula is C29H25F3O3. The van der Waals surface area contributed by atoms with Crippen LogP contribution in [0.1, 0.15) is 49.3 Å². The van der Waals surface area contributed by atoms with Crippen LogP contribution in [-0.2, 0) is 4.79 Å². The van der Waals surface area contributed by atoms with Gasteiger partial charge in [-0.2, -0.15) is 0 Å². The predicted molar refractivity (Wildman–Crippen MR) is 129 cm³/mol. The Morgan fingerprint density at radius 1 is 0.829 bits per heavy atom. The Kier molecular flexibility index (Phi) is 9.56. The van der Waals surface area contributed by atoms with Gasteiger partial charge in [0.1, 0.15) is 11.5 Å². The van der Waals surface area contributed by atoms with E-state index in [1.54, 1.807) is 24.3 Å². The van der Waals surface area contributed by atoms with Crippen molar-refractivity contribution in [1.82, 2.24) is 0 Å². The predicted octanol–water partition coefficient (Wildman–Crippen LogP) is 7.08. The molecule has 0 aliphatic rings. The minimum atomic E-state index is -1.56. The zero-order valence-electron chi connectivity index (χ0n) is 19.3. The summed E-state index contributed by atoms with van der Waals surface area (Å²) in [4.78, 5) is 11.9. The SMILES string of the molecule is CCCCCCOc1ccc(C#Cc2ccc(OC(=O)/C=C/c3cc(F)c(F)c(F)c3)cc2)cc1. The van der Waals surface area contributed by atoms with Crippen molar-refractivity contribution in [2.45, 2.75) is 32.6 Å². The summed E-state index contributed by atoms with van der Waals surface area (Å²) in [6, 6.07) is 15.7. The molecule has 0 amide bonds. The highest BCUT2D eigenvalue weighted by Gasteiger charge is 2.09. The lowest BCUT2D eigenvalue weighted by molar-refractivity contribution is -0.128. The Balaban J connectivity index is 1.51. The average molecular weight is 479 g/mol. The lowest BCUT2D eigenvalue weighted by atomic mass is 10.1. The standard InChI is InChI=1S/C29H25F3O3/c1-2-3-4-5-18-34-24-13-8-21(9-14-24)6-7-22-10-15-25(16-11-22)35-28(33)17-12-23-19-26(30)29(32)27(31)20-23/h8-17,19-20H,2-5,18H2,1H3/b17-12+. The fourth-order valence-electron chi connectivity index (χ4n) is 3.09. The van der Waals surface area contributed by atoms with E-state index in [1.165, 1.54) is 19.3 Å². The van der Waals surface area contributed by atoms with Crippen LogP contribution in [0.5, 0.6) is 11.5 Å². The van der Waals surface area contributed by atoms with E-state index >= 15 is 0 Å². The first-order valence-corrected chi connectivity index (χ1v) is 11.3. The molecule has 0 unspecified atom stereocenters. The molecule has 0 radical (unpaired) electrons. The van der Waals surface area contributed by atoms with Gasteiger partial charge in [0.15, 0.2) is 17.5 Å². The Labute approximate surface area is 203 Å². The second kappa shape index (κ2) is 13.0. The van der Waals surface area contributed by atoms with Crippen molar-refractivity contribution in [2.24, 2.45) is 0 Å². The van der Waals surface area contributed by atoms with Crippen molar-refractivity contribution in [1.29, 1.82) is 0 Å². The lowest BCUT2D eigenvalue weighted by Crippen LogP contribution is -2.03. The summed E-state index contributed by atoms with van der Waals surface area (Å²) in [5, 5.41) is 0. The van der Waals surface area contributed by atoms with Gasteiger partial charge in [-0.25, -0.2) is 18.0 Å². The number of carbonyl (C=O) groups excluding carboxylic acids is 1. The number of rotatable bonds is 9. The highest BCUT2D eigenvalue weighted by Crippen LogP contribution is 2.16. The second-order valence-electron chi connectivity index (χ2n) is 7.76. The quantitative estimate of drug-likeness (QED) is 0.0823. The van der Waals surface area contributed by atoms with Gasteiger partial charge in [0, 0.05) is 17.2 Å². The fourth-order valence-corrected chi connectivity index (χ4v) is 3.09. The Morgan fingerprint density at radius 2 is 1.40 bits per heavy atom. The summed E-state index contributed by atoms with van der Waals surface area (Å²) in [6.45, 7) is 2.89. The minimum Gasteiger partial charge on any atom is -0.494 e. The molecule has 3 aromatic rings. The maximum absolute atomic E-state index is 13.2. The first-order valence-electron chi connectivity index (χ1n) is 11.3. The smallest absolute Gasteiger partial charge is 0.336 e. The van der Waals surface area contributed by atoms with Gasteiger partial charge in [-0.15, -0.1) is 0 Å². The molecule has 3 nitrogen and oxygen atoms in total. The van der Waals surface area contributed by atoms with Crippen molar-refractivity contribution in [2.75, 3.05) is 6.61 Å². The van der Waals surface area contributed by atoms with Crippen molar-refractivity contribution in [3.63, 3.8) is 0 Å². The van der Waals surface area contributed by atoms with E-state index in [1.807, 2.05) is 24.3 Å². The molecule has 0 fully saturated rings. The van der Waals surface area contributed by atoms with Gasteiger partial charge in [0.25, 0.3) is 0 Å². The highest BCUT2D eigenvalue weighted by atomic mass is 19.2. The summed E-state index contributed by atoms with van der Waals surface area (Å²) >= 11 is 0. The van der Waals surface area contributed by atoms with Crippen LogP contribution in [0, 0.1) is 29.3 Å². The summed E-state index contributed by atoms with van der Waals surface area (Å²) < 4.78 is 50.3. The number of hydrogen-bond donors (Lipinski definition) is 0. The Bertz CT molecular complexity index is 1200. The van der Waals surface area contributed by atoms with Crippen molar-refractivity contribution >= 4 is 12.0 Å². The summed E-state index contributed by atoms with van der Waals surface area (Å²) in [6.07, 6.45) is 6.78. The molecule has 0 spiro atoms. The zero-order valence-corrected chi connectivity index (χ0v) is 19.3. The molecule has 0 atom stereocenters. The molecule has 0 bridgehead atoms. The maximum atomic E-state index is 13.2. The molecule has 0 saturated carbocycles. The van der Waals surface area contributed by atoms with Crippen LogP contribution < -0.4 is 9.47 Å². The molecule has 35 heavy (non-hydrogen) atoms. The summed E-state index contributed by atoms with van der Waals surface area (Å²) in [5.74, 6) is 2.23. The third kappa shape index (κ3) is 8.38. The number of unbranched alkanes of at least 4 members (excludes halogenated alkanes) is 3. The largest absolute Gasteiger partial charge is 0.494 e. The van der Waals surface area contributed by atoms with Crippen molar-refractivity contribution in [3.05, 3.63) is 101 Å². The van der Waals surface area contributed by atoms with Gasteiger partial charge in [0.2, 0.25) is 0 Å². The van der Waals surface area contributed by atoms with Crippen LogP contribution in [0.15, 0.2) is 66.7 Å². The maximum Gasteiger partial charge on any atom is 0.336 e. The molecule has 3 aromatic carbocycles. The molecule has 0 heterocycles. The monoisotopic (exact) mass is 478 g/mol. The second-order valence-corrected chi connectivity index (χ2v) is 7.76.